The predicted molar refractivity (Wildman–Crippen MR) is 266 cm³/mol. The van der Waals surface area contributed by atoms with Gasteiger partial charge in [-0.25, -0.2) is 8.78 Å². The molecule has 1 spiro atoms. The van der Waals surface area contributed by atoms with Crippen LogP contribution in [0.4, 0.5) is 14.6 Å². The Balaban J connectivity index is 0.643. The Morgan fingerprint density at radius 1 is 0.889 bits per heavy atom. The fraction of sp³-hybridized carbons (Fsp3) is 0.500. The number of rotatable bonds is 10. The van der Waals surface area contributed by atoms with E-state index < -0.39 is 17.7 Å². The number of piperidine rings is 3. The SMILES string of the molecule is C#Cc1c(F)ccc2cc(O)cc(-c3ncc4c(N5CC6CCC(C5)N6)nc(OCC5(CN6CCC7(CC6)CC(N6CCC(c8ccc9c(c8)CN(C8CCC(=O)NC8=O)C9=O)CC6)C7)CC5)nc4c3F)c12. The van der Waals surface area contributed by atoms with E-state index in [-0.39, 0.29) is 69.0 Å². The number of halogens is 2. The molecule has 3 unspecified atom stereocenters. The van der Waals surface area contributed by atoms with E-state index in [9.17, 15) is 19.5 Å². The van der Waals surface area contributed by atoms with Crippen molar-refractivity contribution < 1.29 is 33.0 Å². The zero-order chi connectivity index (χ0) is 49.0. The molecule has 7 fully saturated rings. The van der Waals surface area contributed by atoms with E-state index in [2.05, 4.69) is 48.4 Å². The smallest absolute Gasteiger partial charge is 0.319 e. The van der Waals surface area contributed by atoms with Gasteiger partial charge in [-0.15, -0.1) is 6.42 Å². The number of likely N-dealkylation sites (tertiary alicyclic amines) is 2. The fourth-order valence-corrected chi connectivity index (χ4v) is 13.7. The molecule has 3 atom stereocenters. The third-order valence-electron chi connectivity index (χ3n) is 18.0. The average molecular weight is 976 g/mol. The molecule has 72 heavy (non-hydrogen) atoms. The van der Waals surface area contributed by atoms with Crippen LogP contribution in [0.15, 0.2) is 48.7 Å². The molecule has 8 heterocycles. The largest absolute Gasteiger partial charge is 0.508 e. The van der Waals surface area contributed by atoms with Gasteiger partial charge in [-0.05, 0) is 149 Å². The second-order valence-electron chi connectivity index (χ2n) is 22.5. The highest BCUT2D eigenvalue weighted by atomic mass is 19.1. The summed E-state index contributed by atoms with van der Waals surface area (Å²) in [5, 5.41) is 18.0. The second kappa shape index (κ2) is 17.4. The molecule has 3 aromatic carbocycles. The van der Waals surface area contributed by atoms with Gasteiger partial charge in [-0.1, -0.05) is 24.1 Å². The molecular weight excluding hydrogens is 917 g/mol. The number of hydrogen-bond donors (Lipinski definition) is 3. The number of amides is 3. The number of nitrogens with zero attached hydrogens (tertiary/aromatic N) is 7. The van der Waals surface area contributed by atoms with Crippen molar-refractivity contribution in [1.29, 1.82) is 0 Å². The maximum Gasteiger partial charge on any atom is 0.319 e. The number of phenols is 1. The Hall–Kier alpha value is -6.28. The number of carbonyl (C=O) groups is 3. The summed E-state index contributed by atoms with van der Waals surface area (Å²) in [4.78, 5) is 61.0. The van der Waals surface area contributed by atoms with Crippen LogP contribution >= 0.6 is 0 Å². The number of nitrogens with one attached hydrogen (secondary N) is 2. The third kappa shape index (κ3) is 8.03. The molecule has 2 aliphatic carbocycles. The van der Waals surface area contributed by atoms with Crippen molar-refractivity contribution in [2.24, 2.45) is 10.8 Å². The van der Waals surface area contributed by atoms with Gasteiger partial charge in [0.05, 0.1) is 17.6 Å². The Kier molecular flexibility index (Phi) is 11.0. The highest BCUT2D eigenvalue weighted by Gasteiger charge is 2.51. The van der Waals surface area contributed by atoms with E-state index in [1.165, 1.54) is 55.5 Å². The van der Waals surface area contributed by atoms with Crippen LogP contribution in [0, 0.1) is 34.8 Å². The first-order valence-electron chi connectivity index (χ1n) is 26.1. The van der Waals surface area contributed by atoms with Crippen LogP contribution < -0.4 is 20.3 Å². The van der Waals surface area contributed by atoms with Gasteiger partial charge < -0.3 is 34.8 Å². The number of phenolic OH excluding ortho intramolecular Hbond substituents is 1. The summed E-state index contributed by atoms with van der Waals surface area (Å²) in [6.45, 7) is 7.48. The van der Waals surface area contributed by atoms with Gasteiger partial charge >= 0.3 is 6.01 Å². The lowest BCUT2D eigenvalue weighted by atomic mass is 9.59. The van der Waals surface area contributed by atoms with E-state index in [0.717, 1.165) is 76.8 Å². The summed E-state index contributed by atoms with van der Waals surface area (Å²) < 4.78 is 38.8. The quantitative estimate of drug-likeness (QED) is 0.0997. The minimum atomic E-state index is -0.721. The molecule has 8 aliphatic rings. The molecule has 16 heteroatoms. The van der Waals surface area contributed by atoms with E-state index >= 15 is 8.78 Å². The van der Waals surface area contributed by atoms with Crippen molar-refractivity contribution >= 4 is 45.2 Å². The van der Waals surface area contributed by atoms with Crippen LogP contribution in [-0.4, -0.2) is 129 Å². The second-order valence-corrected chi connectivity index (χ2v) is 22.5. The molecule has 3 N–H and O–H groups in total. The Morgan fingerprint density at radius 2 is 1.67 bits per heavy atom. The summed E-state index contributed by atoms with van der Waals surface area (Å²) >= 11 is 0. The van der Waals surface area contributed by atoms with Crippen molar-refractivity contribution in [3.05, 3.63) is 82.5 Å². The van der Waals surface area contributed by atoms with Crippen molar-refractivity contribution in [2.45, 2.75) is 114 Å². The fourth-order valence-electron chi connectivity index (χ4n) is 13.7. The minimum Gasteiger partial charge on any atom is -0.508 e. The lowest BCUT2D eigenvalue weighted by Crippen LogP contribution is -2.56. The molecule has 372 valence electrons. The number of hydrogen-bond acceptors (Lipinski definition) is 12. The topological polar surface area (TPSA) is 156 Å². The van der Waals surface area contributed by atoms with Crippen LogP contribution in [0.5, 0.6) is 11.8 Å². The zero-order valence-electron chi connectivity index (χ0n) is 40.4. The highest BCUT2D eigenvalue weighted by molar-refractivity contribution is 6.06. The van der Waals surface area contributed by atoms with Gasteiger partial charge in [0.25, 0.3) is 5.91 Å². The van der Waals surface area contributed by atoms with E-state index in [1.807, 2.05) is 6.07 Å². The summed E-state index contributed by atoms with van der Waals surface area (Å²) in [6.07, 6.45) is 19.3. The predicted octanol–water partition coefficient (Wildman–Crippen LogP) is 6.79. The minimum absolute atomic E-state index is 0.0248. The molecule has 13 rings (SSSR count). The van der Waals surface area contributed by atoms with Crippen molar-refractivity contribution in [3.8, 4) is 35.4 Å². The van der Waals surface area contributed by atoms with Gasteiger partial charge in [0.15, 0.2) is 5.82 Å². The lowest BCUT2D eigenvalue weighted by Gasteiger charge is -2.56. The summed E-state index contributed by atoms with van der Waals surface area (Å²) in [5.74, 6) is 1.20. The molecule has 5 saturated heterocycles. The van der Waals surface area contributed by atoms with Gasteiger partial charge in [0, 0.05) is 78.9 Å². The molecule has 0 radical (unpaired) electrons. The molecule has 2 aromatic heterocycles. The van der Waals surface area contributed by atoms with Crippen LogP contribution in [0.3, 0.4) is 0 Å². The van der Waals surface area contributed by atoms with Crippen molar-refractivity contribution in [1.82, 2.24) is 40.3 Å². The number of aromatic nitrogens is 3. The molecule has 3 amide bonds. The standard InChI is InChI=1S/C56H59F2N9O5/c1-2-40-44(57)8-4-34-22-39(68)23-42(47(34)40)49-48(58)50-43(26-59-49)51(66-28-36-5-6-37(29-66)60-36)63-54(62-50)72-31-56(13-14-56)30-64-19-15-55(16-20-64)24-38(25-55)65-17-11-32(12-18-65)33-3-7-41-35(21-33)27-67(53(41)71)45-9-10-46(69)61-52(45)70/h1,3-4,7-8,21-23,26,32,36-38,45,60,68H,5-6,9-20,24-25,27-31H2,(H,61,69,70). The number of terminal acetylenes is 1. The number of aromatic hydroxyl groups is 1. The lowest BCUT2D eigenvalue weighted by molar-refractivity contribution is -0.136. The monoisotopic (exact) mass is 975 g/mol. The van der Waals surface area contributed by atoms with Gasteiger partial charge in [0.2, 0.25) is 11.8 Å². The zero-order valence-corrected chi connectivity index (χ0v) is 40.4. The number of imide groups is 1. The first kappa shape index (κ1) is 45.6. The number of carbonyl (C=O) groups excluding carboxylic acids is 3. The summed E-state index contributed by atoms with van der Waals surface area (Å²) in [5.41, 5.74) is 3.41. The molecule has 14 nitrogen and oxygen atoms in total. The normalized spacial score (nSPS) is 25.2. The van der Waals surface area contributed by atoms with Crippen molar-refractivity contribution in [2.75, 3.05) is 57.3 Å². The first-order valence-corrected chi connectivity index (χ1v) is 26.1. The maximum absolute atomic E-state index is 17.2. The van der Waals surface area contributed by atoms with E-state index in [1.54, 1.807) is 11.1 Å². The Labute approximate surface area is 416 Å². The van der Waals surface area contributed by atoms with Crippen LogP contribution in [0.2, 0.25) is 0 Å². The number of benzene rings is 3. The highest BCUT2D eigenvalue weighted by Crippen LogP contribution is 2.53. The summed E-state index contributed by atoms with van der Waals surface area (Å²) in [7, 11) is 0. The van der Waals surface area contributed by atoms with Gasteiger partial charge in [-0.2, -0.15) is 9.97 Å². The number of ether oxygens (including phenoxy) is 1. The molecule has 5 aromatic rings. The number of fused-ring (bicyclic) bond motifs is 5. The first-order chi connectivity index (χ1) is 34.9. The molecule has 2 saturated carbocycles. The van der Waals surface area contributed by atoms with Gasteiger partial charge in [0.1, 0.15) is 34.6 Å². The summed E-state index contributed by atoms with van der Waals surface area (Å²) in [6, 6.07) is 12.6. The number of pyridine rings is 1. The number of anilines is 1. The maximum atomic E-state index is 17.2. The van der Waals surface area contributed by atoms with E-state index in [4.69, 9.17) is 21.1 Å². The molecule has 6 aliphatic heterocycles. The van der Waals surface area contributed by atoms with E-state index in [0.29, 0.717) is 84.3 Å². The average Bonchev–Trinajstić information content (AvgIpc) is 3.95. The van der Waals surface area contributed by atoms with Gasteiger partial charge in [-0.3, -0.25) is 24.7 Å². The Bertz CT molecular complexity index is 3100. The molecule has 2 bridgehead atoms. The molecular formula is C56H59F2N9O5. The number of piperazine rings is 1. The Morgan fingerprint density at radius 3 is 2.40 bits per heavy atom. The van der Waals surface area contributed by atoms with Crippen LogP contribution in [0.1, 0.15) is 110 Å². The third-order valence-corrected chi connectivity index (χ3v) is 18.0. The van der Waals surface area contributed by atoms with Crippen LogP contribution in [0.25, 0.3) is 32.9 Å². The van der Waals surface area contributed by atoms with Crippen molar-refractivity contribution in [3.63, 3.8) is 0 Å². The van der Waals surface area contributed by atoms with Crippen LogP contribution in [-0.2, 0) is 16.1 Å².